The molecule has 0 aliphatic heterocycles. The predicted octanol–water partition coefficient (Wildman–Crippen LogP) is 2.24. The van der Waals surface area contributed by atoms with Gasteiger partial charge in [-0.3, -0.25) is 9.20 Å². The first-order chi connectivity index (χ1) is 10.2. The second-order valence-electron chi connectivity index (χ2n) is 4.73. The van der Waals surface area contributed by atoms with Gasteiger partial charge in [-0.15, -0.1) is 21.5 Å². The fourth-order valence-corrected chi connectivity index (χ4v) is 2.84. The van der Waals surface area contributed by atoms with Gasteiger partial charge in [0.25, 0.3) is 5.91 Å². The lowest BCUT2D eigenvalue weighted by molar-refractivity contribution is 0.0938. The summed E-state index contributed by atoms with van der Waals surface area (Å²) in [5, 5.41) is 13.7. The molecule has 1 unspecified atom stereocenters. The lowest BCUT2D eigenvalue weighted by atomic mass is 10.2. The summed E-state index contributed by atoms with van der Waals surface area (Å²) >= 11 is 1.62. The minimum absolute atomic E-state index is 0.120. The van der Waals surface area contributed by atoms with E-state index in [0.29, 0.717) is 11.2 Å². The van der Waals surface area contributed by atoms with Gasteiger partial charge >= 0.3 is 0 Å². The van der Waals surface area contributed by atoms with E-state index in [4.69, 9.17) is 0 Å². The molecule has 7 heteroatoms. The number of rotatable bonds is 4. The summed E-state index contributed by atoms with van der Waals surface area (Å²) in [5.74, 6) is -0.135. The number of aryl methyl sites for hydroxylation is 1. The van der Waals surface area contributed by atoms with E-state index in [1.807, 2.05) is 12.3 Å². The molecule has 3 aromatic rings. The molecule has 1 amide bonds. The molecule has 0 fully saturated rings. The molecule has 6 nitrogen and oxygen atoms in total. The number of nitrogens with one attached hydrogen (secondary N) is 1. The topological polar surface area (TPSA) is 72.2 Å². The van der Waals surface area contributed by atoms with E-state index >= 15 is 0 Å². The maximum atomic E-state index is 12.3. The van der Waals surface area contributed by atoms with Crippen LogP contribution in [-0.4, -0.2) is 25.5 Å². The second-order valence-corrected chi connectivity index (χ2v) is 5.67. The first-order valence-corrected chi connectivity index (χ1v) is 7.60. The van der Waals surface area contributed by atoms with Crippen molar-refractivity contribution in [3.8, 4) is 0 Å². The number of fused-ring (bicyclic) bond motifs is 1. The smallest absolute Gasteiger partial charge is 0.253 e. The zero-order valence-electron chi connectivity index (χ0n) is 11.8. The third kappa shape index (κ3) is 2.78. The molecule has 0 saturated carbocycles. The van der Waals surface area contributed by atoms with Gasteiger partial charge in [0.2, 0.25) is 0 Å². The summed E-state index contributed by atoms with van der Waals surface area (Å²) in [5.41, 5.74) is 2.18. The van der Waals surface area contributed by atoms with Crippen LogP contribution in [0.3, 0.4) is 0 Å². The molecule has 0 spiro atoms. The Morgan fingerprint density at radius 1 is 1.48 bits per heavy atom. The van der Waals surface area contributed by atoms with Crippen molar-refractivity contribution in [3.05, 3.63) is 46.3 Å². The number of hydrogen-bond donors (Lipinski definition) is 1. The molecule has 3 heterocycles. The van der Waals surface area contributed by atoms with Crippen LogP contribution in [0.2, 0.25) is 0 Å². The Labute approximate surface area is 125 Å². The minimum atomic E-state index is -0.135. The van der Waals surface area contributed by atoms with E-state index in [9.17, 15) is 4.79 Å². The van der Waals surface area contributed by atoms with Crippen molar-refractivity contribution in [1.82, 2.24) is 24.9 Å². The fourth-order valence-electron chi connectivity index (χ4n) is 2.00. The van der Waals surface area contributed by atoms with Gasteiger partial charge in [-0.2, -0.15) is 0 Å². The van der Waals surface area contributed by atoms with Crippen molar-refractivity contribution in [3.63, 3.8) is 0 Å². The lowest BCUT2D eigenvalue weighted by Gasteiger charge is -2.11. The fraction of sp³-hybridized carbons (Fsp3) is 0.286. The summed E-state index contributed by atoms with van der Waals surface area (Å²) in [6.45, 7) is 4.00. The maximum absolute atomic E-state index is 12.3. The van der Waals surface area contributed by atoms with E-state index in [-0.39, 0.29) is 11.9 Å². The summed E-state index contributed by atoms with van der Waals surface area (Å²) in [6, 6.07) is 3.39. The van der Waals surface area contributed by atoms with Crippen molar-refractivity contribution in [1.29, 1.82) is 0 Å². The van der Waals surface area contributed by atoms with Gasteiger partial charge < -0.3 is 5.32 Å². The van der Waals surface area contributed by atoms with Gasteiger partial charge in [-0.1, -0.05) is 6.92 Å². The molecule has 0 radical (unpaired) electrons. The van der Waals surface area contributed by atoms with Gasteiger partial charge in [-0.25, -0.2) is 4.98 Å². The number of carbonyl (C=O) groups excluding carboxylic acids is 1. The average molecular weight is 301 g/mol. The van der Waals surface area contributed by atoms with Crippen molar-refractivity contribution < 1.29 is 4.79 Å². The van der Waals surface area contributed by atoms with E-state index in [0.717, 1.165) is 17.1 Å². The molecule has 3 rings (SSSR count). The van der Waals surface area contributed by atoms with E-state index in [1.54, 1.807) is 40.4 Å². The Kier molecular flexibility index (Phi) is 3.66. The Hall–Kier alpha value is -2.28. The molecule has 0 aliphatic carbocycles. The highest BCUT2D eigenvalue weighted by molar-refractivity contribution is 7.09. The van der Waals surface area contributed by atoms with Crippen molar-refractivity contribution in [2.24, 2.45) is 0 Å². The highest BCUT2D eigenvalue weighted by atomic mass is 32.1. The van der Waals surface area contributed by atoms with Crippen LogP contribution < -0.4 is 5.32 Å². The first-order valence-electron chi connectivity index (χ1n) is 6.72. The minimum Gasteiger partial charge on any atom is -0.344 e. The SMILES string of the molecule is CCc1nc(C(C)NC(=O)c2ccc3nncn3c2)cs1. The van der Waals surface area contributed by atoms with Gasteiger partial charge in [0.15, 0.2) is 5.65 Å². The monoisotopic (exact) mass is 301 g/mol. The maximum Gasteiger partial charge on any atom is 0.253 e. The number of hydrogen-bond acceptors (Lipinski definition) is 5. The van der Waals surface area contributed by atoms with Crippen LogP contribution in [0, 0.1) is 0 Å². The number of thiazole rings is 1. The van der Waals surface area contributed by atoms with E-state index in [2.05, 4.69) is 27.4 Å². The summed E-state index contributed by atoms with van der Waals surface area (Å²) in [7, 11) is 0. The first kappa shape index (κ1) is 13.7. The highest BCUT2D eigenvalue weighted by Crippen LogP contribution is 2.17. The van der Waals surface area contributed by atoms with Crippen LogP contribution in [0.1, 0.15) is 40.9 Å². The van der Waals surface area contributed by atoms with Gasteiger partial charge in [0.1, 0.15) is 6.33 Å². The molecular weight excluding hydrogens is 286 g/mol. The van der Waals surface area contributed by atoms with Crippen LogP contribution in [0.5, 0.6) is 0 Å². The number of pyridine rings is 1. The zero-order chi connectivity index (χ0) is 14.8. The second kappa shape index (κ2) is 5.61. The van der Waals surface area contributed by atoms with Crippen molar-refractivity contribution in [2.75, 3.05) is 0 Å². The van der Waals surface area contributed by atoms with Crippen LogP contribution in [0.15, 0.2) is 30.0 Å². The molecule has 21 heavy (non-hydrogen) atoms. The normalized spacial score (nSPS) is 12.5. The summed E-state index contributed by atoms with van der Waals surface area (Å²) in [4.78, 5) is 16.8. The molecule has 0 bridgehead atoms. The number of nitrogens with zero attached hydrogens (tertiary/aromatic N) is 4. The Morgan fingerprint density at radius 3 is 3.10 bits per heavy atom. The summed E-state index contributed by atoms with van der Waals surface area (Å²) < 4.78 is 1.72. The summed E-state index contributed by atoms with van der Waals surface area (Å²) in [6.07, 6.45) is 4.20. The van der Waals surface area contributed by atoms with Crippen molar-refractivity contribution >= 4 is 22.9 Å². The van der Waals surface area contributed by atoms with E-state index < -0.39 is 0 Å². The number of aromatic nitrogens is 4. The van der Waals surface area contributed by atoms with Crippen LogP contribution in [-0.2, 0) is 6.42 Å². The molecule has 0 aliphatic rings. The molecule has 1 atom stereocenters. The predicted molar refractivity (Wildman–Crippen MR) is 80.4 cm³/mol. The van der Waals surface area contributed by atoms with E-state index in [1.165, 1.54) is 0 Å². The van der Waals surface area contributed by atoms with Crippen molar-refractivity contribution in [2.45, 2.75) is 26.3 Å². The molecule has 108 valence electrons. The Bertz CT molecular complexity index is 778. The highest BCUT2D eigenvalue weighted by Gasteiger charge is 2.14. The average Bonchev–Trinajstić information content (AvgIpc) is 3.15. The third-order valence-electron chi connectivity index (χ3n) is 3.22. The Morgan fingerprint density at radius 2 is 2.33 bits per heavy atom. The largest absolute Gasteiger partial charge is 0.344 e. The standard InChI is InChI=1S/C14H15N5OS/c1-3-13-17-11(7-21-13)9(2)16-14(20)10-4-5-12-18-15-8-19(12)6-10/h4-9H,3H2,1-2H3,(H,16,20). The number of carbonyl (C=O) groups is 1. The quantitative estimate of drug-likeness (QED) is 0.802. The Balaban J connectivity index is 1.75. The third-order valence-corrected chi connectivity index (χ3v) is 4.23. The van der Waals surface area contributed by atoms with Gasteiger partial charge in [-0.05, 0) is 25.5 Å². The van der Waals surface area contributed by atoms with Crippen LogP contribution in [0.4, 0.5) is 0 Å². The van der Waals surface area contributed by atoms with Crippen LogP contribution in [0.25, 0.3) is 5.65 Å². The van der Waals surface area contributed by atoms with Crippen LogP contribution >= 0.6 is 11.3 Å². The lowest BCUT2D eigenvalue weighted by Crippen LogP contribution is -2.27. The van der Waals surface area contributed by atoms with Gasteiger partial charge in [0, 0.05) is 11.6 Å². The molecule has 0 aromatic carbocycles. The molecule has 1 N–H and O–H groups in total. The van der Waals surface area contributed by atoms with Gasteiger partial charge in [0.05, 0.1) is 22.3 Å². The zero-order valence-corrected chi connectivity index (χ0v) is 12.6. The molecule has 3 aromatic heterocycles. The molecule has 0 saturated heterocycles. The molecular formula is C14H15N5OS. The number of amides is 1.